The van der Waals surface area contributed by atoms with Crippen molar-refractivity contribution in [3.63, 3.8) is 0 Å². The van der Waals surface area contributed by atoms with Crippen molar-refractivity contribution in [2.45, 2.75) is 0 Å². The molecule has 3 nitrogen and oxygen atoms in total. The quantitative estimate of drug-likeness (QED) is 0.384. The molecule has 1 aromatic heterocycles. The predicted molar refractivity (Wildman–Crippen MR) is 72.2 cm³/mol. The molecule has 17 heavy (non-hydrogen) atoms. The lowest BCUT2D eigenvalue weighted by molar-refractivity contribution is 1.01. The molecule has 0 unspecified atom stereocenters. The summed E-state index contributed by atoms with van der Waals surface area (Å²) in [5, 5.41) is 6.07. The lowest BCUT2D eigenvalue weighted by Gasteiger charge is -1.97. The van der Waals surface area contributed by atoms with E-state index in [1.807, 2.05) is 6.07 Å². The lowest BCUT2D eigenvalue weighted by atomic mass is 10.1. The average molecular weight is 223 g/mol. The van der Waals surface area contributed by atoms with Crippen molar-refractivity contribution in [2.24, 2.45) is 18.0 Å². The fourth-order valence-corrected chi connectivity index (χ4v) is 2.35. The zero-order valence-corrected chi connectivity index (χ0v) is 9.59. The molecule has 2 N–H and O–H groups in total. The Hall–Kier alpha value is -2.29. The highest BCUT2D eigenvalue weighted by Crippen LogP contribution is 2.28. The van der Waals surface area contributed by atoms with Gasteiger partial charge >= 0.3 is 0 Å². The third-order valence-corrected chi connectivity index (χ3v) is 3.16. The fourth-order valence-electron chi connectivity index (χ4n) is 2.35. The van der Waals surface area contributed by atoms with Crippen molar-refractivity contribution >= 4 is 28.0 Å². The van der Waals surface area contributed by atoms with Crippen LogP contribution in [0.3, 0.4) is 0 Å². The van der Waals surface area contributed by atoms with E-state index in [1.54, 1.807) is 6.21 Å². The van der Waals surface area contributed by atoms with E-state index < -0.39 is 0 Å². The summed E-state index contributed by atoms with van der Waals surface area (Å²) in [6.07, 6.45) is 1.67. The molecule has 1 heterocycles. The van der Waals surface area contributed by atoms with Gasteiger partial charge in [-0.15, -0.1) is 0 Å². The second-order valence-electron chi connectivity index (χ2n) is 4.13. The Labute approximate surface area is 99.1 Å². The molecule has 0 fully saturated rings. The number of nitrogens with two attached hydrogens (primary N) is 1. The summed E-state index contributed by atoms with van der Waals surface area (Å²) in [5.74, 6) is 5.19. The van der Waals surface area contributed by atoms with Gasteiger partial charge in [0.1, 0.15) is 0 Å². The van der Waals surface area contributed by atoms with Crippen molar-refractivity contribution in [3.05, 3.63) is 48.0 Å². The van der Waals surface area contributed by atoms with E-state index in [0.717, 1.165) is 5.56 Å². The van der Waals surface area contributed by atoms with Crippen molar-refractivity contribution in [1.82, 2.24) is 4.57 Å². The van der Waals surface area contributed by atoms with Crippen molar-refractivity contribution < 1.29 is 0 Å². The van der Waals surface area contributed by atoms with Crippen molar-refractivity contribution in [3.8, 4) is 0 Å². The van der Waals surface area contributed by atoms with Gasteiger partial charge in [-0.25, -0.2) is 0 Å². The number of aromatic nitrogens is 1. The largest absolute Gasteiger partial charge is 0.344 e. The smallest absolute Gasteiger partial charge is 0.0538 e. The molecule has 0 aliphatic carbocycles. The number of fused-ring (bicyclic) bond motifs is 3. The van der Waals surface area contributed by atoms with E-state index in [-0.39, 0.29) is 0 Å². The number of nitrogens with zero attached hydrogens (tertiary/aromatic N) is 2. The van der Waals surface area contributed by atoms with Gasteiger partial charge in [-0.3, -0.25) is 0 Å². The van der Waals surface area contributed by atoms with Crippen LogP contribution in [-0.2, 0) is 7.05 Å². The van der Waals surface area contributed by atoms with Gasteiger partial charge in [-0.05, 0) is 23.8 Å². The van der Waals surface area contributed by atoms with Crippen LogP contribution in [0.2, 0.25) is 0 Å². The topological polar surface area (TPSA) is 43.3 Å². The number of para-hydroxylation sites is 1. The van der Waals surface area contributed by atoms with E-state index in [9.17, 15) is 0 Å². The van der Waals surface area contributed by atoms with Crippen LogP contribution >= 0.6 is 0 Å². The van der Waals surface area contributed by atoms with Gasteiger partial charge in [-0.2, -0.15) is 5.10 Å². The Balaban J connectivity index is 2.46. The molecular weight excluding hydrogens is 210 g/mol. The molecule has 0 saturated carbocycles. The molecule has 0 atom stereocenters. The van der Waals surface area contributed by atoms with Gasteiger partial charge in [-0.1, -0.05) is 24.3 Å². The Bertz CT molecular complexity index is 723. The first-order chi connectivity index (χ1) is 8.31. The second-order valence-corrected chi connectivity index (χ2v) is 4.13. The third-order valence-electron chi connectivity index (χ3n) is 3.16. The van der Waals surface area contributed by atoms with Crippen LogP contribution in [0.15, 0.2) is 47.6 Å². The van der Waals surface area contributed by atoms with Crippen molar-refractivity contribution in [2.75, 3.05) is 0 Å². The van der Waals surface area contributed by atoms with Crippen LogP contribution in [0.25, 0.3) is 21.8 Å². The number of benzene rings is 2. The minimum absolute atomic E-state index is 1.02. The Morgan fingerprint density at radius 3 is 2.65 bits per heavy atom. The number of hydrogen-bond acceptors (Lipinski definition) is 2. The zero-order chi connectivity index (χ0) is 11.8. The SMILES string of the molecule is Cn1c2ccccc2c2cc(/C=N/N)ccc21. The van der Waals surface area contributed by atoms with E-state index in [0.29, 0.717) is 0 Å². The Morgan fingerprint density at radius 1 is 1.06 bits per heavy atom. The van der Waals surface area contributed by atoms with Crippen LogP contribution in [0, 0.1) is 0 Å². The number of rotatable bonds is 1. The lowest BCUT2D eigenvalue weighted by Crippen LogP contribution is -1.88. The van der Waals surface area contributed by atoms with Gasteiger partial charge in [0.25, 0.3) is 0 Å². The highest BCUT2D eigenvalue weighted by molar-refractivity contribution is 6.09. The number of hydrazone groups is 1. The van der Waals surface area contributed by atoms with Crippen LogP contribution in [-0.4, -0.2) is 10.8 Å². The minimum atomic E-state index is 1.02. The molecule has 0 spiro atoms. The van der Waals surface area contributed by atoms with E-state index >= 15 is 0 Å². The summed E-state index contributed by atoms with van der Waals surface area (Å²) < 4.78 is 2.20. The molecule has 0 aliphatic rings. The van der Waals surface area contributed by atoms with E-state index in [2.05, 4.69) is 53.1 Å². The van der Waals surface area contributed by atoms with Crippen LogP contribution < -0.4 is 5.84 Å². The highest BCUT2D eigenvalue weighted by atomic mass is 15.1. The summed E-state index contributed by atoms with van der Waals surface area (Å²) in [6.45, 7) is 0. The first-order valence-electron chi connectivity index (χ1n) is 5.51. The molecule has 3 rings (SSSR count). The maximum absolute atomic E-state index is 5.19. The first kappa shape index (κ1) is 9.90. The third kappa shape index (κ3) is 1.40. The maximum atomic E-state index is 5.19. The molecule has 0 amide bonds. The van der Waals surface area contributed by atoms with Crippen LogP contribution in [0.4, 0.5) is 0 Å². The number of aryl methyl sites for hydroxylation is 1. The maximum Gasteiger partial charge on any atom is 0.0538 e. The Morgan fingerprint density at radius 2 is 1.82 bits per heavy atom. The molecule has 0 saturated heterocycles. The standard InChI is InChI=1S/C14H13N3/c1-17-13-5-3-2-4-11(13)12-8-10(9-16-15)6-7-14(12)17/h2-9H,15H2,1H3/b16-9+. The molecule has 0 aliphatic heterocycles. The molecule has 0 radical (unpaired) electrons. The van der Waals surface area contributed by atoms with Gasteiger partial charge in [0.05, 0.1) is 6.21 Å². The summed E-state index contributed by atoms with van der Waals surface area (Å²) in [4.78, 5) is 0. The van der Waals surface area contributed by atoms with Gasteiger partial charge < -0.3 is 10.4 Å². The zero-order valence-electron chi connectivity index (χ0n) is 9.59. The van der Waals surface area contributed by atoms with Gasteiger partial charge in [0.2, 0.25) is 0 Å². The summed E-state index contributed by atoms with van der Waals surface area (Å²) in [7, 11) is 2.08. The predicted octanol–water partition coefficient (Wildman–Crippen LogP) is 2.62. The van der Waals surface area contributed by atoms with Crippen LogP contribution in [0.5, 0.6) is 0 Å². The van der Waals surface area contributed by atoms with E-state index in [1.165, 1.54) is 21.8 Å². The molecule has 0 bridgehead atoms. The van der Waals surface area contributed by atoms with Gasteiger partial charge in [0, 0.05) is 28.9 Å². The second kappa shape index (κ2) is 3.63. The first-order valence-corrected chi connectivity index (χ1v) is 5.51. The molecular formula is C14H13N3. The minimum Gasteiger partial charge on any atom is -0.344 e. The molecule has 3 aromatic rings. The van der Waals surface area contributed by atoms with Crippen LogP contribution in [0.1, 0.15) is 5.56 Å². The highest BCUT2D eigenvalue weighted by Gasteiger charge is 2.07. The summed E-state index contributed by atoms with van der Waals surface area (Å²) in [6, 6.07) is 14.6. The van der Waals surface area contributed by atoms with Crippen molar-refractivity contribution in [1.29, 1.82) is 0 Å². The Kier molecular flexibility index (Phi) is 2.11. The molecule has 3 heteroatoms. The number of hydrogen-bond donors (Lipinski definition) is 1. The normalized spacial score (nSPS) is 11.8. The fraction of sp³-hybridized carbons (Fsp3) is 0.0714. The molecule has 2 aromatic carbocycles. The summed E-state index contributed by atoms with van der Waals surface area (Å²) >= 11 is 0. The average Bonchev–Trinajstić information content (AvgIpc) is 2.65. The monoisotopic (exact) mass is 223 g/mol. The molecule has 84 valence electrons. The summed E-state index contributed by atoms with van der Waals surface area (Å²) in [5.41, 5.74) is 3.49. The van der Waals surface area contributed by atoms with Gasteiger partial charge in [0.15, 0.2) is 0 Å². The van der Waals surface area contributed by atoms with E-state index in [4.69, 9.17) is 5.84 Å².